The van der Waals surface area contributed by atoms with Gasteiger partial charge in [-0.3, -0.25) is 4.79 Å². The molecular weight excluding hydrogens is 258 g/mol. The van der Waals surface area contributed by atoms with E-state index in [1.54, 1.807) is 0 Å². The molecule has 1 rings (SSSR count). The fourth-order valence-corrected chi connectivity index (χ4v) is 3.34. The summed E-state index contributed by atoms with van der Waals surface area (Å²) < 4.78 is 30.9. The normalized spacial score (nSPS) is 21.9. The van der Waals surface area contributed by atoms with Crippen LogP contribution in [-0.2, 0) is 19.6 Å². The molecule has 0 aromatic heterocycles. The Morgan fingerprint density at radius 2 is 2.28 bits per heavy atom. The summed E-state index contributed by atoms with van der Waals surface area (Å²) in [6, 6.07) is -1.01. The molecule has 0 aliphatic carbocycles. The van der Waals surface area contributed by atoms with Gasteiger partial charge in [0.25, 0.3) is 0 Å². The number of carboxylic acids is 1. The second kappa shape index (κ2) is 7.06. The van der Waals surface area contributed by atoms with Crippen LogP contribution in [0.1, 0.15) is 32.6 Å². The van der Waals surface area contributed by atoms with Crippen molar-refractivity contribution in [2.45, 2.75) is 38.6 Å². The molecule has 1 saturated heterocycles. The summed E-state index contributed by atoms with van der Waals surface area (Å²) in [4.78, 5) is 10.9. The van der Waals surface area contributed by atoms with Crippen LogP contribution in [0.3, 0.4) is 0 Å². The first-order valence-corrected chi connectivity index (χ1v) is 7.90. The van der Waals surface area contributed by atoms with Crippen LogP contribution < -0.4 is 4.72 Å². The molecule has 106 valence electrons. The van der Waals surface area contributed by atoms with Gasteiger partial charge >= 0.3 is 5.97 Å². The Balaban J connectivity index is 2.43. The van der Waals surface area contributed by atoms with Gasteiger partial charge in [-0.25, -0.2) is 13.1 Å². The van der Waals surface area contributed by atoms with Crippen LogP contribution in [0.4, 0.5) is 0 Å². The third kappa shape index (κ3) is 5.32. The second-order valence-corrected chi connectivity index (χ2v) is 6.51. The smallest absolute Gasteiger partial charge is 0.321 e. The first kappa shape index (κ1) is 15.4. The molecule has 6 nitrogen and oxygen atoms in total. The molecule has 0 bridgehead atoms. The van der Waals surface area contributed by atoms with Crippen LogP contribution in [0.25, 0.3) is 0 Å². The van der Waals surface area contributed by atoms with Gasteiger partial charge in [-0.1, -0.05) is 13.3 Å². The number of sulfonamides is 1. The minimum atomic E-state index is -3.52. The van der Waals surface area contributed by atoms with Crippen molar-refractivity contribution in [1.29, 1.82) is 0 Å². The predicted molar refractivity (Wildman–Crippen MR) is 66.8 cm³/mol. The average Bonchev–Trinajstić information content (AvgIpc) is 2.78. The third-order valence-electron chi connectivity index (χ3n) is 3.02. The Bertz CT molecular complexity index is 362. The lowest BCUT2D eigenvalue weighted by Gasteiger charge is -2.14. The van der Waals surface area contributed by atoms with Crippen molar-refractivity contribution in [1.82, 2.24) is 4.72 Å². The van der Waals surface area contributed by atoms with Crippen LogP contribution in [0.15, 0.2) is 0 Å². The fourth-order valence-electron chi connectivity index (χ4n) is 1.93. The monoisotopic (exact) mass is 279 g/mol. The van der Waals surface area contributed by atoms with E-state index in [0.29, 0.717) is 32.5 Å². The molecule has 18 heavy (non-hydrogen) atoms. The highest BCUT2D eigenvalue weighted by Crippen LogP contribution is 2.17. The van der Waals surface area contributed by atoms with E-state index in [9.17, 15) is 13.2 Å². The van der Waals surface area contributed by atoms with Gasteiger partial charge < -0.3 is 9.84 Å². The van der Waals surface area contributed by atoms with Crippen molar-refractivity contribution >= 4 is 16.0 Å². The van der Waals surface area contributed by atoms with E-state index in [-0.39, 0.29) is 11.7 Å². The molecule has 1 aliphatic heterocycles. The molecular formula is C11H21NO5S. The fraction of sp³-hybridized carbons (Fsp3) is 0.909. The molecule has 0 radical (unpaired) electrons. The number of hydrogen-bond donors (Lipinski definition) is 2. The quantitative estimate of drug-likeness (QED) is 0.678. The van der Waals surface area contributed by atoms with Crippen LogP contribution >= 0.6 is 0 Å². The highest BCUT2D eigenvalue weighted by Gasteiger charge is 2.25. The Hall–Kier alpha value is -0.660. The van der Waals surface area contributed by atoms with E-state index in [2.05, 4.69) is 4.72 Å². The Kier molecular flexibility index (Phi) is 6.04. The van der Waals surface area contributed by atoms with E-state index >= 15 is 0 Å². The molecule has 1 fully saturated rings. The molecule has 0 aromatic rings. The van der Waals surface area contributed by atoms with E-state index in [0.717, 1.165) is 6.42 Å². The van der Waals surface area contributed by atoms with Gasteiger partial charge in [-0.15, -0.1) is 0 Å². The van der Waals surface area contributed by atoms with Crippen LogP contribution in [0.5, 0.6) is 0 Å². The lowest BCUT2D eigenvalue weighted by molar-refractivity contribution is -0.139. The number of rotatable bonds is 8. The van der Waals surface area contributed by atoms with Crippen LogP contribution in [0, 0.1) is 5.92 Å². The summed E-state index contributed by atoms with van der Waals surface area (Å²) in [5.74, 6) is -0.880. The topological polar surface area (TPSA) is 92.7 Å². The van der Waals surface area contributed by atoms with Crippen molar-refractivity contribution in [3.63, 3.8) is 0 Å². The number of aliphatic carboxylic acids is 1. The standard InChI is InChI=1S/C11H21NO5S/c1-2-3-10(11(13)14)12-18(15,16)7-5-9-4-6-17-8-9/h9-10,12H,2-8H2,1H3,(H,13,14). The molecule has 1 aliphatic rings. The molecule has 0 spiro atoms. The zero-order valence-electron chi connectivity index (χ0n) is 10.6. The largest absolute Gasteiger partial charge is 0.480 e. The van der Waals surface area contributed by atoms with Gasteiger partial charge in [-0.05, 0) is 25.2 Å². The summed E-state index contributed by atoms with van der Waals surface area (Å²) in [7, 11) is -3.52. The predicted octanol–water partition coefficient (Wildman–Crippen LogP) is 0.586. The Morgan fingerprint density at radius 3 is 2.78 bits per heavy atom. The van der Waals surface area contributed by atoms with Gasteiger partial charge in [0.15, 0.2) is 0 Å². The zero-order valence-corrected chi connectivity index (χ0v) is 11.4. The molecule has 2 N–H and O–H groups in total. The Morgan fingerprint density at radius 1 is 1.56 bits per heavy atom. The highest BCUT2D eigenvalue weighted by molar-refractivity contribution is 7.89. The number of nitrogens with one attached hydrogen (secondary N) is 1. The summed E-state index contributed by atoms with van der Waals surface area (Å²) in [6.07, 6.45) is 2.33. The van der Waals surface area contributed by atoms with Crippen molar-refractivity contribution in [3.05, 3.63) is 0 Å². The summed E-state index contributed by atoms with van der Waals surface area (Å²) in [6.45, 7) is 3.11. The lowest BCUT2D eigenvalue weighted by Crippen LogP contribution is -2.41. The first-order chi connectivity index (χ1) is 8.44. The maximum atomic E-state index is 11.8. The van der Waals surface area contributed by atoms with Crippen LogP contribution in [-0.4, -0.2) is 44.5 Å². The van der Waals surface area contributed by atoms with Gasteiger partial charge in [0, 0.05) is 13.2 Å². The van der Waals surface area contributed by atoms with Crippen molar-refractivity contribution in [2.24, 2.45) is 5.92 Å². The van der Waals surface area contributed by atoms with Crippen molar-refractivity contribution in [2.75, 3.05) is 19.0 Å². The van der Waals surface area contributed by atoms with E-state index < -0.39 is 22.0 Å². The third-order valence-corrected chi connectivity index (χ3v) is 4.43. The molecule has 0 saturated carbocycles. The molecule has 0 amide bonds. The number of ether oxygens (including phenoxy) is 1. The van der Waals surface area contributed by atoms with E-state index in [1.807, 2.05) is 6.92 Å². The van der Waals surface area contributed by atoms with Crippen LogP contribution in [0.2, 0.25) is 0 Å². The second-order valence-electron chi connectivity index (χ2n) is 4.63. The van der Waals surface area contributed by atoms with E-state index in [4.69, 9.17) is 9.84 Å². The van der Waals surface area contributed by atoms with Crippen molar-refractivity contribution in [3.8, 4) is 0 Å². The maximum Gasteiger partial charge on any atom is 0.321 e. The zero-order chi connectivity index (χ0) is 13.6. The van der Waals surface area contributed by atoms with Gasteiger partial charge in [0.1, 0.15) is 6.04 Å². The Labute approximate surface area is 108 Å². The highest BCUT2D eigenvalue weighted by atomic mass is 32.2. The first-order valence-electron chi connectivity index (χ1n) is 6.25. The minimum Gasteiger partial charge on any atom is -0.480 e. The summed E-state index contributed by atoms with van der Waals surface area (Å²) in [5.41, 5.74) is 0. The molecule has 2 atom stereocenters. The summed E-state index contributed by atoms with van der Waals surface area (Å²) >= 11 is 0. The number of carboxylic acid groups (broad SMARTS) is 1. The van der Waals surface area contributed by atoms with Crippen molar-refractivity contribution < 1.29 is 23.1 Å². The van der Waals surface area contributed by atoms with Gasteiger partial charge in [0.05, 0.1) is 5.75 Å². The SMILES string of the molecule is CCCC(NS(=O)(=O)CCC1CCOC1)C(=O)O. The molecule has 2 unspecified atom stereocenters. The van der Waals surface area contributed by atoms with Gasteiger partial charge in [0.2, 0.25) is 10.0 Å². The average molecular weight is 279 g/mol. The molecule has 0 aromatic carbocycles. The summed E-state index contributed by atoms with van der Waals surface area (Å²) in [5, 5.41) is 8.90. The lowest BCUT2D eigenvalue weighted by atomic mass is 10.1. The number of hydrogen-bond acceptors (Lipinski definition) is 4. The van der Waals surface area contributed by atoms with E-state index in [1.165, 1.54) is 0 Å². The van der Waals surface area contributed by atoms with Gasteiger partial charge in [-0.2, -0.15) is 0 Å². The molecule has 1 heterocycles. The minimum absolute atomic E-state index is 0.0332. The number of carbonyl (C=O) groups is 1. The maximum absolute atomic E-state index is 11.8. The molecule has 7 heteroatoms.